The largest absolute Gasteiger partial charge is 0.362 e. The van der Waals surface area contributed by atoms with Gasteiger partial charge in [-0.3, -0.25) is 4.79 Å². The first-order chi connectivity index (χ1) is 5.66. The molecule has 0 radical (unpaired) electrons. The Morgan fingerprint density at radius 2 is 2.33 bits per heavy atom. The molecule has 12 heavy (non-hydrogen) atoms. The van der Waals surface area contributed by atoms with Gasteiger partial charge in [0.1, 0.15) is 11.8 Å². The van der Waals surface area contributed by atoms with Crippen LogP contribution in [0.5, 0.6) is 0 Å². The van der Waals surface area contributed by atoms with Crippen LogP contribution in [-0.2, 0) is 11.5 Å². The number of ether oxygens (including phenoxy) is 1. The maximum Gasteiger partial charge on any atom is 0.289 e. The van der Waals surface area contributed by atoms with Crippen molar-refractivity contribution in [2.24, 2.45) is 0 Å². The molecular weight excluding hydrogens is 203 g/mol. The molecule has 0 unspecified atom stereocenters. The molecule has 0 atom stereocenters. The highest BCUT2D eigenvalue weighted by atomic mass is 35.5. The van der Waals surface area contributed by atoms with Gasteiger partial charge in [-0.1, -0.05) is 23.2 Å². The minimum absolute atomic E-state index is 0.0382. The predicted molar refractivity (Wildman–Crippen MR) is 45.5 cm³/mol. The molecule has 4 nitrogen and oxygen atoms in total. The summed E-state index contributed by atoms with van der Waals surface area (Å²) in [4.78, 5) is 11.2. The fourth-order valence-electron chi connectivity index (χ4n) is 0.659. The van der Waals surface area contributed by atoms with Gasteiger partial charge < -0.3 is 4.74 Å². The molecule has 1 heterocycles. The normalized spacial score (nSPS) is 10.2. The molecule has 0 N–H and O–H groups in total. The summed E-state index contributed by atoms with van der Waals surface area (Å²) in [5.41, 5.74) is -0.453. The summed E-state index contributed by atoms with van der Waals surface area (Å²) in [6.45, 7) is 0.0652. The summed E-state index contributed by atoms with van der Waals surface area (Å²) in [6, 6.07) is 0. The van der Waals surface area contributed by atoms with E-state index < -0.39 is 5.56 Å². The third-order valence-corrected chi connectivity index (χ3v) is 1.94. The van der Waals surface area contributed by atoms with Crippen LogP contribution in [0.15, 0.2) is 11.0 Å². The van der Waals surface area contributed by atoms with Crippen molar-refractivity contribution >= 4 is 23.2 Å². The van der Waals surface area contributed by atoms with Gasteiger partial charge in [0.05, 0.1) is 11.2 Å². The minimum Gasteiger partial charge on any atom is -0.362 e. The van der Waals surface area contributed by atoms with Crippen molar-refractivity contribution in [1.29, 1.82) is 0 Å². The van der Waals surface area contributed by atoms with Gasteiger partial charge in [-0.05, 0) is 0 Å². The molecule has 0 spiro atoms. The van der Waals surface area contributed by atoms with Crippen LogP contribution in [0.25, 0.3) is 0 Å². The first-order valence-electron chi connectivity index (χ1n) is 3.07. The van der Waals surface area contributed by atoms with Crippen molar-refractivity contribution in [1.82, 2.24) is 9.78 Å². The van der Waals surface area contributed by atoms with Crippen LogP contribution < -0.4 is 5.56 Å². The van der Waals surface area contributed by atoms with E-state index in [1.54, 1.807) is 0 Å². The van der Waals surface area contributed by atoms with E-state index in [9.17, 15) is 4.79 Å². The van der Waals surface area contributed by atoms with Crippen molar-refractivity contribution in [2.75, 3.05) is 7.11 Å². The van der Waals surface area contributed by atoms with Crippen LogP contribution in [0.3, 0.4) is 0 Å². The molecule has 1 aromatic heterocycles. The Morgan fingerprint density at radius 3 is 2.92 bits per heavy atom. The van der Waals surface area contributed by atoms with E-state index in [-0.39, 0.29) is 16.8 Å². The monoisotopic (exact) mass is 208 g/mol. The lowest BCUT2D eigenvalue weighted by atomic mass is 10.6. The summed E-state index contributed by atoms with van der Waals surface area (Å²) >= 11 is 11.1. The van der Waals surface area contributed by atoms with Crippen molar-refractivity contribution in [3.63, 3.8) is 0 Å². The number of methoxy groups -OCH3 is 1. The molecule has 6 heteroatoms. The van der Waals surface area contributed by atoms with Crippen molar-refractivity contribution in [2.45, 2.75) is 6.73 Å². The zero-order valence-electron chi connectivity index (χ0n) is 6.25. The molecule has 0 aromatic carbocycles. The maximum absolute atomic E-state index is 11.2. The first-order valence-corrected chi connectivity index (χ1v) is 3.82. The molecule has 0 amide bonds. The highest BCUT2D eigenvalue weighted by Crippen LogP contribution is 2.14. The van der Waals surface area contributed by atoms with Gasteiger partial charge in [0.25, 0.3) is 5.56 Å². The summed E-state index contributed by atoms with van der Waals surface area (Å²) in [5.74, 6) is 0. The summed E-state index contributed by atoms with van der Waals surface area (Å²) in [6.07, 6.45) is 1.30. The van der Waals surface area contributed by atoms with Gasteiger partial charge in [-0.25, -0.2) is 4.68 Å². The SMILES string of the molecule is COCn1ncc(Cl)c(Cl)c1=O. The van der Waals surface area contributed by atoms with Crippen LogP contribution in [0.2, 0.25) is 10.0 Å². The van der Waals surface area contributed by atoms with Crippen LogP contribution in [0.4, 0.5) is 0 Å². The highest BCUT2D eigenvalue weighted by Gasteiger charge is 2.05. The molecule has 0 aliphatic rings. The van der Waals surface area contributed by atoms with Gasteiger partial charge in [0.2, 0.25) is 0 Å². The van der Waals surface area contributed by atoms with E-state index >= 15 is 0 Å². The lowest BCUT2D eigenvalue weighted by Gasteiger charge is -2.02. The molecule has 0 aliphatic heterocycles. The molecule has 0 saturated carbocycles. The van der Waals surface area contributed by atoms with Crippen LogP contribution in [0, 0.1) is 0 Å². The number of hydrogen-bond donors (Lipinski definition) is 0. The zero-order chi connectivity index (χ0) is 9.14. The smallest absolute Gasteiger partial charge is 0.289 e. The van der Waals surface area contributed by atoms with E-state index in [1.165, 1.54) is 13.3 Å². The van der Waals surface area contributed by atoms with E-state index in [4.69, 9.17) is 27.9 Å². The van der Waals surface area contributed by atoms with Crippen molar-refractivity contribution < 1.29 is 4.74 Å². The lowest BCUT2D eigenvalue weighted by Crippen LogP contribution is -2.23. The Labute approximate surface area is 78.7 Å². The van der Waals surface area contributed by atoms with Gasteiger partial charge in [0, 0.05) is 7.11 Å². The Balaban J connectivity index is 3.18. The second-order valence-corrected chi connectivity index (χ2v) is 2.81. The Bertz CT molecular complexity index is 337. The fourth-order valence-corrected chi connectivity index (χ4v) is 0.930. The van der Waals surface area contributed by atoms with Gasteiger partial charge in [0.15, 0.2) is 0 Å². The molecule has 1 rings (SSSR count). The Kier molecular flexibility index (Phi) is 3.08. The second-order valence-electron chi connectivity index (χ2n) is 2.03. The van der Waals surface area contributed by atoms with Crippen LogP contribution in [0.1, 0.15) is 0 Å². The van der Waals surface area contributed by atoms with Crippen LogP contribution >= 0.6 is 23.2 Å². The average Bonchev–Trinajstić information content (AvgIpc) is 2.07. The summed E-state index contributed by atoms with van der Waals surface area (Å²) in [5, 5.41) is 3.80. The van der Waals surface area contributed by atoms with E-state index in [2.05, 4.69) is 5.10 Å². The molecule has 0 fully saturated rings. The third kappa shape index (κ3) is 1.77. The first kappa shape index (κ1) is 9.51. The maximum atomic E-state index is 11.2. The number of hydrogen-bond acceptors (Lipinski definition) is 3. The minimum atomic E-state index is -0.453. The van der Waals surface area contributed by atoms with Crippen molar-refractivity contribution in [3.05, 3.63) is 26.6 Å². The standard InChI is InChI=1S/C6H6Cl2N2O2/c1-12-3-10-6(11)5(8)4(7)2-9-10/h2H,3H2,1H3. The van der Waals surface area contributed by atoms with Gasteiger partial charge in [-0.15, -0.1) is 0 Å². The molecule has 0 saturated heterocycles. The lowest BCUT2D eigenvalue weighted by molar-refractivity contribution is 0.116. The predicted octanol–water partition coefficient (Wildman–Crippen LogP) is 1.15. The molecule has 0 aliphatic carbocycles. The molecule has 0 bridgehead atoms. The number of rotatable bonds is 2. The second kappa shape index (κ2) is 3.89. The van der Waals surface area contributed by atoms with Gasteiger partial charge in [-0.2, -0.15) is 5.10 Å². The van der Waals surface area contributed by atoms with Crippen molar-refractivity contribution in [3.8, 4) is 0 Å². The van der Waals surface area contributed by atoms with E-state index in [1.807, 2.05) is 0 Å². The summed E-state index contributed by atoms with van der Waals surface area (Å²) < 4.78 is 5.78. The van der Waals surface area contributed by atoms with E-state index in [0.29, 0.717) is 0 Å². The van der Waals surface area contributed by atoms with Gasteiger partial charge >= 0.3 is 0 Å². The number of aromatic nitrogens is 2. The number of halogens is 2. The molecule has 1 aromatic rings. The Hall–Kier alpha value is -0.580. The highest BCUT2D eigenvalue weighted by molar-refractivity contribution is 6.41. The zero-order valence-corrected chi connectivity index (χ0v) is 7.76. The topological polar surface area (TPSA) is 44.1 Å². The average molecular weight is 209 g/mol. The fraction of sp³-hybridized carbons (Fsp3) is 0.333. The van der Waals surface area contributed by atoms with E-state index in [0.717, 1.165) is 4.68 Å². The number of nitrogens with zero attached hydrogens (tertiary/aromatic N) is 2. The Morgan fingerprint density at radius 1 is 1.67 bits per heavy atom. The molecular formula is C6H6Cl2N2O2. The quantitative estimate of drug-likeness (QED) is 0.733. The summed E-state index contributed by atoms with van der Waals surface area (Å²) in [7, 11) is 1.45. The third-order valence-electron chi connectivity index (χ3n) is 1.19. The molecule has 66 valence electrons. The van der Waals surface area contributed by atoms with Crippen LogP contribution in [-0.4, -0.2) is 16.9 Å².